The minimum absolute atomic E-state index is 0.0587. The molecule has 1 aromatic carbocycles. The van der Waals surface area contributed by atoms with Gasteiger partial charge in [-0.1, -0.05) is 25.4 Å². The maximum absolute atomic E-state index is 13.0. The van der Waals surface area contributed by atoms with Gasteiger partial charge in [-0.3, -0.25) is 9.48 Å². The van der Waals surface area contributed by atoms with Gasteiger partial charge >= 0.3 is 12.1 Å². The molecule has 192 valence electrons. The lowest BCUT2D eigenvalue weighted by atomic mass is 10.1. The molecule has 2 aromatic rings. The summed E-state index contributed by atoms with van der Waals surface area (Å²) in [6.07, 6.45) is -1.96. The Kier molecular flexibility index (Phi) is 9.18. The zero-order valence-corrected chi connectivity index (χ0v) is 20.5. The van der Waals surface area contributed by atoms with Gasteiger partial charge in [0.25, 0.3) is 5.91 Å². The van der Waals surface area contributed by atoms with Crippen LogP contribution in [0.1, 0.15) is 64.4 Å². The van der Waals surface area contributed by atoms with E-state index in [9.17, 15) is 22.8 Å². The highest BCUT2D eigenvalue weighted by atomic mass is 35.5. The molecule has 11 heteroatoms. The molecule has 1 atom stereocenters. The van der Waals surface area contributed by atoms with E-state index in [-0.39, 0.29) is 29.0 Å². The van der Waals surface area contributed by atoms with Crippen LogP contribution in [-0.2, 0) is 35.0 Å². The molecule has 3 rings (SSSR count). The summed E-state index contributed by atoms with van der Waals surface area (Å²) in [4.78, 5) is 25.3. The first-order chi connectivity index (χ1) is 16.6. The number of halogens is 4. The van der Waals surface area contributed by atoms with Crippen LogP contribution in [0.3, 0.4) is 0 Å². The molecule has 0 spiro atoms. The van der Waals surface area contributed by atoms with Crippen LogP contribution in [-0.4, -0.2) is 48.0 Å². The molecule has 0 saturated heterocycles. The van der Waals surface area contributed by atoms with E-state index in [0.29, 0.717) is 56.5 Å². The highest BCUT2D eigenvalue weighted by molar-refractivity contribution is 6.33. The lowest BCUT2D eigenvalue weighted by Crippen LogP contribution is -2.27. The Morgan fingerprint density at radius 3 is 2.77 bits per heavy atom. The second-order valence-corrected chi connectivity index (χ2v) is 8.93. The van der Waals surface area contributed by atoms with E-state index in [1.54, 1.807) is 4.68 Å². The van der Waals surface area contributed by atoms with Crippen molar-refractivity contribution in [3.8, 4) is 0 Å². The van der Waals surface area contributed by atoms with Crippen molar-refractivity contribution in [2.45, 2.75) is 52.3 Å². The standard InChI is InChI=1S/C24H29ClF3N3O4/c1-3-19-21-20(6-4-10-34-11-5-9-29-22(21)32)31(30-19)13-15(2)14-35-23(33)17-12-16(24(26,27)28)7-8-18(17)25/h7-8,12,15H,3-6,9-11,13-14H2,1-2H3,(H,29,32)/t15-/m1/s1. The van der Waals surface area contributed by atoms with E-state index >= 15 is 0 Å². The Morgan fingerprint density at radius 1 is 1.31 bits per heavy atom. The molecule has 1 aromatic heterocycles. The number of rotatable bonds is 6. The third-order valence-electron chi connectivity index (χ3n) is 5.64. The van der Waals surface area contributed by atoms with Crippen LogP contribution in [0.2, 0.25) is 5.02 Å². The minimum atomic E-state index is -4.60. The van der Waals surface area contributed by atoms with Gasteiger partial charge in [-0.2, -0.15) is 18.3 Å². The molecule has 1 aliphatic heterocycles. The predicted octanol–water partition coefficient (Wildman–Crippen LogP) is 4.69. The number of ether oxygens (including phenoxy) is 2. The fourth-order valence-corrected chi connectivity index (χ4v) is 4.07. The molecule has 0 saturated carbocycles. The maximum Gasteiger partial charge on any atom is 0.416 e. The molecule has 0 unspecified atom stereocenters. The van der Waals surface area contributed by atoms with Gasteiger partial charge < -0.3 is 14.8 Å². The zero-order chi connectivity index (χ0) is 25.6. The Bertz CT molecular complexity index is 1060. The molecule has 1 N–H and O–H groups in total. The summed E-state index contributed by atoms with van der Waals surface area (Å²) in [7, 11) is 0. The lowest BCUT2D eigenvalue weighted by Gasteiger charge is -2.16. The molecule has 35 heavy (non-hydrogen) atoms. The number of carbonyl (C=O) groups is 2. The predicted molar refractivity (Wildman–Crippen MR) is 124 cm³/mol. The quantitative estimate of drug-likeness (QED) is 0.564. The first kappa shape index (κ1) is 27.0. The Morgan fingerprint density at radius 2 is 2.06 bits per heavy atom. The molecule has 1 amide bonds. The normalized spacial score (nSPS) is 16.1. The van der Waals surface area contributed by atoms with Crippen LogP contribution in [0.4, 0.5) is 13.2 Å². The van der Waals surface area contributed by atoms with Gasteiger partial charge in [0, 0.05) is 32.2 Å². The largest absolute Gasteiger partial charge is 0.462 e. The van der Waals surface area contributed by atoms with Crippen molar-refractivity contribution in [2.75, 3.05) is 26.4 Å². The van der Waals surface area contributed by atoms with Crippen LogP contribution in [0.5, 0.6) is 0 Å². The second-order valence-electron chi connectivity index (χ2n) is 8.53. The van der Waals surface area contributed by atoms with Gasteiger partial charge in [0.1, 0.15) is 0 Å². The number of alkyl halides is 3. The van der Waals surface area contributed by atoms with Crippen LogP contribution in [0.15, 0.2) is 18.2 Å². The highest BCUT2D eigenvalue weighted by Gasteiger charge is 2.32. The molecule has 0 aliphatic carbocycles. The van der Waals surface area contributed by atoms with Crippen molar-refractivity contribution in [1.82, 2.24) is 15.1 Å². The third kappa shape index (κ3) is 6.98. The molecule has 0 fully saturated rings. The number of nitrogens with one attached hydrogen (secondary N) is 1. The topological polar surface area (TPSA) is 82.5 Å². The van der Waals surface area contributed by atoms with Crippen molar-refractivity contribution in [2.24, 2.45) is 5.92 Å². The Labute approximate surface area is 206 Å². The fourth-order valence-electron chi connectivity index (χ4n) is 3.88. The van der Waals surface area contributed by atoms with Crippen LogP contribution >= 0.6 is 11.6 Å². The molecule has 7 nitrogen and oxygen atoms in total. The molecular formula is C24H29ClF3N3O4. The fraction of sp³-hybridized carbons (Fsp3) is 0.542. The summed E-state index contributed by atoms with van der Waals surface area (Å²) >= 11 is 5.93. The first-order valence-electron chi connectivity index (χ1n) is 11.6. The molecule has 0 bridgehead atoms. The summed E-state index contributed by atoms with van der Waals surface area (Å²) < 4.78 is 51.6. The first-order valence-corrected chi connectivity index (χ1v) is 12.0. The minimum Gasteiger partial charge on any atom is -0.462 e. The number of esters is 1. The number of amides is 1. The van der Waals surface area contributed by atoms with Crippen molar-refractivity contribution < 1.29 is 32.2 Å². The van der Waals surface area contributed by atoms with Crippen molar-refractivity contribution in [3.05, 3.63) is 51.3 Å². The molecule has 2 heterocycles. The van der Waals surface area contributed by atoms with Crippen LogP contribution in [0.25, 0.3) is 0 Å². The summed E-state index contributed by atoms with van der Waals surface area (Å²) in [6, 6.07) is 2.53. The number of aromatic nitrogens is 2. The van der Waals surface area contributed by atoms with E-state index < -0.39 is 17.7 Å². The van der Waals surface area contributed by atoms with Crippen molar-refractivity contribution >= 4 is 23.5 Å². The SMILES string of the molecule is CCc1nn(C[C@@H](C)COC(=O)c2cc(C(F)(F)F)ccc2Cl)c2c1C(=O)NCCCOCCC2. The smallest absolute Gasteiger partial charge is 0.416 e. The van der Waals surface area contributed by atoms with Gasteiger partial charge in [0.15, 0.2) is 0 Å². The van der Waals surface area contributed by atoms with Crippen LogP contribution < -0.4 is 5.32 Å². The lowest BCUT2D eigenvalue weighted by molar-refractivity contribution is -0.137. The number of carbonyl (C=O) groups excluding carboxylic acids is 2. The maximum atomic E-state index is 13.0. The average molecular weight is 516 g/mol. The van der Waals surface area contributed by atoms with Crippen molar-refractivity contribution in [3.63, 3.8) is 0 Å². The van der Waals surface area contributed by atoms with Gasteiger partial charge in [0.05, 0.1) is 39.7 Å². The number of hydrogen-bond acceptors (Lipinski definition) is 5. The second kappa shape index (κ2) is 11.9. The Balaban J connectivity index is 1.73. The van der Waals surface area contributed by atoms with Crippen LogP contribution in [0, 0.1) is 5.92 Å². The van der Waals surface area contributed by atoms with Gasteiger partial charge in [-0.15, -0.1) is 0 Å². The molecule has 1 aliphatic rings. The van der Waals surface area contributed by atoms with E-state index in [1.807, 2.05) is 13.8 Å². The van der Waals surface area contributed by atoms with Gasteiger partial charge in [0.2, 0.25) is 0 Å². The van der Waals surface area contributed by atoms with Crippen molar-refractivity contribution in [1.29, 1.82) is 0 Å². The number of hydrogen-bond donors (Lipinski definition) is 1. The zero-order valence-electron chi connectivity index (χ0n) is 19.7. The van der Waals surface area contributed by atoms with Gasteiger partial charge in [-0.25, -0.2) is 4.79 Å². The summed E-state index contributed by atoms with van der Waals surface area (Å²) in [6.45, 7) is 5.73. The molecular weight excluding hydrogens is 487 g/mol. The van der Waals surface area contributed by atoms with Gasteiger partial charge in [-0.05, 0) is 43.9 Å². The average Bonchev–Trinajstić information content (AvgIpc) is 3.13. The monoisotopic (exact) mass is 515 g/mol. The summed E-state index contributed by atoms with van der Waals surface area (Å²) in [5.41, 5.74) is 0.746. The van der Waals surface area contributed by atoms with E-state index in [0.717, 1.165) is 30.7 Å². The number of benzene rings is 1. The van der Waals surface area contributed by atoms with E-state index in [1.165, 1.54) is 0 Å². The summed E-state index contributed by atoms with van der Waals surface area (Å²) in [5.74, 6) is -1.32. The summed E-state index contributed by atoms with van der Waals surface area (Å²) in [5, 5.41) is 7.44. The highest BCUT2D eigenvalue weighted by Crippen LogP contribution is 2.32. The molecule has 0 radical (unpaired) electrons. The van der Waals surface area contributed by atoms with E-state index in [2.05, 4.69) is 10.4 Å². The Hall–Kier alpha value is -2.59. The number of nitrogens with zero attached hydrogens (tertiary/aromatic N) is 2. The third-order valence-corrected chi connectivity index (χ3v) is 5.97. The van der Waals surface area contributed by atoms with E-state index in [4.69, 9.17) is 21.1 Å². The number of fused-ring (bicyclic) bond motifs is 1. The number of aryl methyl sites for hydroxylation is 1.